The van der Waals surface area contributed by atoms with Crippen LogP contribution in [0.15, 0.2) is 54.6 Å². The first-order valence-corrected chi connectivity index (χ1v) is 6.93. The van der Waals surface area contributed by atoms with Gasteiger partial charge in [0, 0.05) is 6.04 Å². The Kier molecular flexibility index (Phi) is 5.13. The number of hydrogen-bond donors (Lipinski definition) is 2. The maximum atomic E-state index is 5.74. The van der Waals surface area contributed by atoms with E-state index in [-0.39, 0.29) is 6.04 Å². The summed E-state index contributed by atoms with van der Waals surface area (Å²) in [5.41, 5.74) is 7.02. The third kappa shape index (κ3) is 3.66. The topological polar surface area (TPSA) is 38.0 Å². The summed E-state index contributed by atoms with van der Waals surface area (Å²) in [5.74, 6) is 5.74. The van der Waals surface area contributed by atoms with Crippen molar-refractivity contribution < 1.29 is 0 Å². The summed E-state index contributed by atoms with van der Waals surface area (Å²) in [6.45, 7) is 2.18. The van der Waals surface area contributed by atoms with Gasteiger partial charge in [0.25, 0.3) is 0 Å². The van der Waals surface area contributed by atoms with E-state index in [9.17, 15) is 0 Å². The second kappa shape index (κ2) is 7.07. The van der Waals surface area contributed by atoms with Crippen molar-refractivity contribution in [2.75, 3.05) is 0 Å². The molecule has 0 radical (unpaired) electrons. The van der Waals surface area contributed by atoms with Gasteiger partial charge in [-0.1, -0.05) is 61.5 Å². The van der Waals surface area contributed by atoms with Crippen molar-refractivity contribution in [3.05, 3.63) is 71.3 Å². The molecule has 3 N–H and O–H groups in total. The molecule has 0 aliphatic rings. The lowest BCUT2D eigenvalue weighted by Crippen LogP contribution is -2.29. The second-order valence-corrected chi connectivity index (χ2v) is 4.80. The molecular weight excluding hydrogens is 232 g/mol. The zero-order chi connectivity index (χ0) is 13.5. The van der Waals surface area contributed by atoms with Crippen molar-refractivity contribution in [3.63, 3.8) is 0 Å². The zero-order valence-electron chi connectivity index (χ0n) is 11.5. The summed E-state index contributed by atoms with van der Waals surface area (Å²) in [5, 5.41) is 0. The van der Waals surface area contributed by atoms with Crippen LogP contribution in [0.1, 0.15) is 36.1 Å². The first-order chi connectivity index (χ1) is 9.35. The van der Waals surface area contributed by atoms with E-state index in [0.717, 1.165) is 19.3 Å². The number of rotatable bonds is 6. The van der Waals surface area contributed by atoms with Crippen LogP contribution in [0, 0.1) is 0 Å². The van der Waals surface area contributed by atoms with Gasteiger partial charge in [0.05, 0.1) is 0 Å². The Morgan fingerprint density at radius 2 is 1.68 bits per heavy atom. The Labute approximate surface area is 115 Å². The van der Waals surface area contributed by atoms with Crippen molar-refractivity contribution in [2.45, 2.75) is 32.2 Å². The van der Waals surface area contributed by atoms with E-state index in [1.807, 2.05) is 0 Å². The molecule has 0 bridgehead atoms. The highest BCUT2D eigenvalue weighted by atomic mass is 15.2. The van der Waals surface area contributed by atoms with Gasteiger partial charge in [0.1, 0.15) is 0 Å². The number of hydrazine groups is 1. The fourth-order valence-electron chi connectivity index (χ4n) is 2.48. The summed E-state index contributed by atoms with van der Waals surface area (Å²) in [6, 6.07) is 19.3. The van der Waals surface area contributed by atoms with E-state index in [1.54, 1.807) is 0 Å². The highest BCUT2D eigenvalue weighted by molar-refractivity contribution is 5.30. The van der Waals surface area contributed by atoms with Crippen LogP contribution in [0.5, 0.6) is 0 Å². The van der Waals surface area contributed by atoms with Gasteiger partial charge in [-0.15, -0.1) is 0 Å². The molecule has 2 aromatic carbocycles. The summed E-state index contributed by atoms with van der Waals surface area (Å²) in [6.07, 6.45) is 3.09. The SMILES string of the molecule is CCc1ccccc1C(CCc1ccccc1)NN. The normalized spacial score (nSPS) is 12.3. The summed E-state index contributed by atoms with van der Waals surface area (Å²) < 4.78 is 0. The third-order valence-electron chi connectivity index (χ3n) is 3.58. The fourth-order valence-corrected chi connectivity index (χ4v) is 2.48. The molecule has 0 amide bonds. The largest absolute Gasteiger partial charge is 0.271 e. The summed E-state index contributed by atoms with van der Waals surface area (Å²) in [4.78, 5) is 0. The second-order valence-electron chi connectivity index (χ2n) is 4.80. The highest BCUT2D eigenvalue weighted by Gasteiger charge is 2.12. The van der Waals surface area contributed by atoms with E-state index >= 15 is 0 Å². The molecule has 2 rings (SSSR count). The lowest BCUT2D eigenvalue weighted by Gasteiger charge is -2.19. The first-order valence-electron chi connectivity index (χ1n) is 6.93. The molecule has 100 valence electrons. The molecule has 0 saturated heterocycles. The van der Waals surface area contributed by atoms with Crippen molar-refractivity contribution in [1.29, 1.82) is 0 Å². The molecule has 19 heavy (non-hydrogen) atoms. The molecule has 2 nitrogen and oxygen atoms in total. The molecule has 1 atom stereocenters. The molecule has 0 aliphatic carbocycles. The maximum absolute atomic E-state index is 5.74. The number of benzene rings is 2. The summed E-state index contributed by atoms with van der Waals surface area (Å²) in [7, 11) is 0. The molecule has 0 aliphatic heterocycles. The van der Waals surface area contributed by atoms with E-state index < -0.39 is 0 Å². The number of aryl methyl sites for hydroxylation is 2. The van der Waals surface area contributed by atoms with Crippen LogP contribution >= 0.6 is 0 Å². The van der Waals surface area contributed by atoms with Gasteiger partial charge in [-0.05, 0) is 36.0 Å². The molecule has 0 spiro atoms. The van der Waals surface area contributed by atoms with E-state index in [1.165, 1.54) is 16.7 Å². The molecule has 0 heterocycles. The van der Waals surface area contributed by atoms with Crippen LogP contribution in [-0.4, -0.2) is 0 Å². The molecule has 2 aromatic rings. The minimum Gasteiger partial charge on any atom is -0.271 e. The van der Waals surface area contributed by atoms with Crippen LogP contribution < -0.4 is 11.3 Å². The van der Waals surface area contributed by atoms with E-state index in [0.29, 0.717) is 0 Å². The quantitative estimate of drug-likeness (QED) is 0.612. The maximum Gasteiger partial charge on any atom is 0.0465 e. The van der Waals surface area contributed by atoms with Gasteiger partial charge >= 0.3 is 0 Å². The Morgan fingerprint density at radius 1 is 1.00 bits per heavy atom. The number of nitrogens with one attached hydrogen (secondary N) is 1. The monoisotopic (exact) mass is 254 g/mol. The highest BCUT2D eigenvalue weighted by Crippen LogP contribution is 2.22. The van der Waals surface area contributed by atoms with Gasteiger partial charge in [-0.3, -0.25) is 11.3 Å². The van der Waals surface area contributed by atoms with E-state index in [4.69, 9.17) is 5.84 Å². The van der Waals surface area contributed by atoms with Crippen molar-refractivity contribution in [1.82, 2.24) is 5.43 Å². The van der Waals surface area contributed by atoms with Gasteiger partial charge in [0.15, 0.2) is 0 Å². The van der Waals surface area contributed by atoms with Crippen LogP contribution in [0.2, 0.25) is 0 Å². The Hall–Kier alpha value is -1.64. The molecule has 0 fully saturated rings. The molecule has 0 saturated carbocycles. The lowest BCUT2D eigenvalue weighted by atomic mass is 9.94. The van der Waals surface area contributed by atoms with Crippen molar-refractivity contribution in [3.8, 4) is 0 Å². The standard InChI is InChI=1S/C17H22N2/c1-2-15-10-6-7-11-16(15)17(19-18)13-12-14-8-4-3-5-9-14/h3-11,17,19H,2,12-13,18H2,1H3. The van der Waals surface area contributed by atoms with Gasteiger partial charge < -0.3 is 0 Å². The van der Waals surface area contributed by atoms with Crippen LogP contribution in [0.4, 0.5) is 0 Å². The fraction of sp³-hybridized carbons (Fsp3) is 0.294. The lowest BCUT2D eigenvalue weighted by molar-refractivity contribution is 0.513. The van der Waals surface area contributed by atoms with Crippen LogP contribution in [0.25, 0.3) is 0 Å². The van der Waals surface area contributed by atoms with Crippen LogP contribution in [-0.2, 0) is 12.8 Å². The molecule has 0 aromatic heterocycles. The smallest absolute Gasteiger partial charge is 0.0465 e. The molecule has 1 unspecified atom stereocenters. The minimum absolute atomic E-state index is 0.219. The third-order valence-corrected chi connectivity index (χ3v) is 3.58. The Balaban J connectivity index is 2.08. The van der Waals surface area contributed by atoms with Crippen LogP contribution in [0.3, 0.4) is 0 Å². The van der Waals surface area contributed by atoms with Crippen molar-refractivity contribution >= 4 is 0 Å². The molecular formula is C17H22N2. The predicted octanol–water partition coefficient (Wildman–Crippen LogP) is 3.39. The molecule has 2 heteroatoms. The van der Waals surface area contributed by atoms with E-state index in [2.05, 4.69) is 66.9 Å². The Morgan fingerprint density at radius 3 is 2.37 bits per heavy atom. The Bertz CT molecular complexity index is 494. The average molecular weight is 254 g/mol. The average Bonchev–Trinajstić information content (AvgIpc) is 2.49. The van der Waals surface area contributed by atoms with Crippen molar-refractivity contribution in [2.24, 2.45) is 5.84 Å². The number of nitrogens with two attached hydrogens (primary N) is 1. The van der Waals surface area contributed by atoms with Gasteiger partial charge in [0.2, 0.25) is 0 Å². The van der Waals surface area contributed by atoms with Gasteiger partial charge in [-0.2, -0.15) is 0 Å². The minimum atomic E-state index is 0.219. The predicted molar refractivity (Wildman–Crippen MR) is 80.6 cm³/mol. The first kappa shape index (κ1) is 13.8. The zero-order valence-corrected chi connectivity index (χ0v) is 11.5. The number of hydrogen-bond acceptors (Lipinski definition) is 2. The van der Waals surface area contributed by atoms with Gasteiger partial charge in [-0.25, -0.2) is 0 Å². The summed E-state index contributed by atoms with van der Waals surface area (Å²) >= 11 is 0.